The van der Waals surface area contributed by atoms with Crippen LogP contribution >= 0.6 is 0 Å². The number of benzene rings is 1. The number of aryl methyl sites for hydroxylation is 2. The first-order valence-corrected chi connectivity index (χ1v) is 7.58. The van der Waals surface area contributed by atoms with E-state index in [2.05, 4.69) is 76.2 Å². The number of para-hydroxylation sites is 1. The molecular weight excluding hydrogens is 258 g/mol. The Balaban J connectivity index is 2.35. The van der Waals surface area contributed by atoms with Gasteiger partial charge in [0.1, 0.15) is 0 Å². The zero-order chi connectivity index (χ0) is 15.8. The summed E-state index contributed by atoms with van der Waals surface area (Å²) in [4.78, 5) is 0. The van der Waals surface area contributed by atoms with Crippen LogP contribution in [0, 0.1) is 13.8 Å². The van der Waals surface area contributed by atoms with Gasteiger partial charge < -0.3 is 5.32 Å². The molecule has 0 spiro atoms. The van der Waals surface area contributed by atoms with Crippen molar-refractivity contribution in [2.45, 2.75) is 53.0 Å². The summed E-state index contributed by atoms with van der Waals surface area (Å²) >= 11 is 0. The number of rotatable bonds is 3. The Labute approximate surface area is 128 Å². The van der Waals surface area contributed by atoms with Gasteiger partial charge in [-0.15, -0.1) is 0 Å². The molecule has 0 aliphatic heterocycles. The lowest BCUT2D eigenvalue weighted by molar-refractivity contribution is 0.590. The monoisotopic (exact) mass is 285 g/mol. The van der Waals surface area contributed by atoms with Crippen molar-refractivity contribution < 1.29 is 0 Å². The molecule has 21 heavy (non-hydrogen) atoms. The van der Waals surface area contributed by atoms with Gasteiger partial charge in [0.2, 0.25) is 0 Å². The van der Waals surface area contributed by atoms with Gasteiger partial charge in [-0.3, -0.25) is 4.68 Å². The summed E-state index contributed by atoms with van der Waals surface area (Å²) in [6.07, 6.45) is 0. The molecule has 0 radical (unpaired) electrons. The summed E-state index contributed by atoms with van der Waals surface area (Å²) in [5, 5.41) is 8.20. The van der Waals surface area contributed by atoms with Crippen molar-refractivity contribution >= 4 is 5.69 Å². The van der Waals surface area contributed by atoms with E-state index >= 15 is 0 Å². The Morgan fingerprint density at radius 1 is 1.14 bits per heavy atom. The van der Waals surface area contributed by atoms with Crippen molar-refractivity contribution in [2.75, 3.05) is 5.32 Å². The normalized spacial score (nSPS) is 13.3. The van der Waals surface area contributed by atoms with Crippen molar-refractivity contribution in [3.8, 4) is 0 Å². The molecule has 1 unspecified atom stereocenters. The van der Waals surface area contributed by atoms with Gasteiger partial charge in [-0.1, -0.05) is 39.0 Å². The number of aromatic nitrogens is 2. The molecule has 0 bridgehead atoms. The molecule has 0 saturated carbocycles. The molecule has 0 aliphatic rings. The fourth-order valence-corrected chi connectivity index (χ4v) is 2.99. The molecule has 1 atom stereocenters. The van der Waals surface area contributed by atoms with Crippen molar-refractivity contribution in [3.63, 3.8) is 0 Å². The third-order valence-corrected chi connectivity index (χ3v) is 4.11. The highest BCUT2D eigenvalue weighted by Gasteiger charge is 2.21. The summed E-state index contributed by atoms with van der Waals surface area (Å²) in [5.74, 6) is 0. The Morgan fingerprint density at radius 3 is 2.29 bits per heavy atom. The van der Waals surface area contributed by atoms with Crippen LogP contribution < -0.4 is 5.32 Å². The topological polar surface area (TPSA) is 29.9 Å². The first-order chi connectivity index (χ1) is 9.71. The fourth-order valence-electron chi connectivity index (χ4n) is 2.99. The summed E-state index contributed by atoms with van der Waals surface area (Å²) < 4.78 is 1.96. The Morgan fingerprint density at radius 2 is 1.76 bits per heavy atom. The molecule has 0 aliphatic carbocycles. The number of hydrogen-bond acceptors (Lipinski definition) is 2. The molecule has 1 aromatic heterocycles. The molecule has 0 saturated heterocycles. The van der Waals surface area contributed by atoms with Gasteiger partial charge in [-0.2, -0.15) is 5.10 Å². The third-order valence-electron chi connectivity index (χ3n) is 4.11. The minimum atomic E-state index is 0.127. The van der Waals surface area contributed by atoms with Gasteiger partial charge in [0, 0.05) is 24.0 Å². The van der Waals surface area contributed by atoms with Crippen LogP contribution in [-0.4, -0.2) is 9.78 Å². The Kier molecular flexibility index (Phi) is 4.13. The van der Waals surface area contributed by atoms with Crippen LogP contribution in [0.3, 0.4) is 0 Å². The van der Waals surface area contributed by atoms with E-state index in [1.807, 2.05) is 11.7 Å². The highest BCUT2D eigenvalue weighted by atomic mass is 15.3. The van der Waals surface area contributed by atoms with Crippen LogP contribution in [0.4, 0.5) is 5.69 Å². The van der Waals surface area contributed by atoms with Gasteiger partial charge in [-0.25, -0.2) is 0 Å². The van der Waals surface area contributed by atoms with Crippen molar-refractivity contribution in [2.24, 2.45) is 7.05 Å². The van der Waals surface area contributed by atoms with Crippen LogP contribution in [0.2, 0.25) is 0 Å². The van der Waals surface area contributed by atoms with Crippen molar-refractivity contribution in [1.82, 2.24) is 9.78 Å². The molecule has 1 N–H and O–H groups in total. The standard InChI is InChI=1S/C18H27N3/c1-12(17-13(2)20-21(7)14(17)3)19-16-11-9-8-10-15(16)18(4,5)6/h8-12,19H,1-7H3. The van der Waals surface area contributed by atoms with Gasteiger partial charge in [0.15, 0.2) is 0 Å². The minimum absolute atomic E-state index is 0.127. The molecule has 0 amide bonds. The molecule has 2 aromatic rings. The smallest absolute Gasteiger partial charge is 0.0649 e. The lowest BCUT2D eigenvalue weighted by Gasteiger charge is -2.26. The molecule has 2 rings (SSSR count). The van der Waals surface area contributed by atoms with Crippen LogP contribution in [0.5, 0.6) is 0 Å². The average Bonchev–Trinajstić information content (AvgIpc) is 2.62. The predicted octanol–water partition coefficient (Wildman–Crippen LogP) is 4.51. The molecule has 3 heteroatoms. The summed E-state index contributed by atoms with van der Waals surface area (Å²) in [6.45, 7) is 13.2. The molecule has 1 aromatic carbocycles. The van der Waals surface area contributed by atoms with E-state index in [0.717, 1.165) is 5.69 Å². The van der Waals surface area contributed by atoms with Crippen molar-refractivity contribution in [3.05, 3.63) is 46.8 Å². The fraction of sp³-hybridized carbons (Fsp3) is 0.500. The number of hydrogen-bond donors (Lipinski definition) is 1. The van der Waals surface area contributed by atoms with Crippen LogP contribution in [0.25, 0.3) is 0 Å². The van der Waals surface area contributed by atoms with Crippen LogP contribution in [0.1, 0.15) is 56.3 Å². The van der Waals surface area contributed by atoms with E-state index in [9.17, 15) is 0 Å². The molecule has 3 nitrogen and oxygen atoms in total. The van der Waals surface area contributed by atoms with Crippen LogP contribution in [0.15, 0.2) is 24.3 Å². The Hall–Kier alpha value is -1.77. The second-order valence-corrected chi connectivity index (χ2v) is 6.87. The van der Waals surface area contributed by atoms with Gasteiger partial charge >= 0.3 is 0 Å². The summed E-state index contributed by atoms with van der Waals surface area (Å²) in [7, 11) is 2.00. The van der Waals surface area contributed by atoms with E-state index in [1.54, 1.807) is 0 Å². The van der Waals surface area contributed by atoms with Gasteiger partial charge in [0.05, 0.1) is 11.7 Å². The maximum Gasteiger partial charge on any atom is 0.0649 e. The van der Waals surface area contributed by atoms with Gasteiger partial charge in [-0.05, 0) is 37.8 Å². The first-order valence-electron chi connectivity index (χ1n) is 7.58. The zero-order valence-corrected chi connectivity index (χ0v) is 14.3. The highest BCUT2D eigenvalue weighted by Crippen LogP contribution is 2.32. The maximum absolute atomic E-state index is 4.52. The maximum atomic E-state index is 4.52. The van der Waals surface area contributed by atoms with E-state index in [1.165, 1.54) is 22.5 Å². The number of nitrogens with one attached hydrogen (secondary N) is 1. The first kappa shape index (κ1) is 15.6. The zero-order valence-electron chi connectivity index (χ0n) is 14.3. The highest BCUT2D eigenvalue weighted by molar-refractivity contribution is 5.55. The lowest BCUT2D eigenvalue weighted by Crippen LogP contribution is -2.17. The molecular formula is C18H27N3. The molecule has 114 valence electrons. The minimum Gasteiger partial charge on any atom is -0.378 e. The van der Waals surface area contributed by atoms with Crippen molar-refractivity contribution in [1.29, 1.82) is 0 Å². The quantitative estimate of drug-likeness (QED) is 0.899. The largest absolute Gasteiger partial charge is 0.378 e. The number of anilines is 1. The van der Waals surface area contributed by atoms with E-state index in [0.29, 0.717) is 0 Å². The van der Waals surface area contributed by atoms with E-state index in [-0.39, 0.29) is 11.5 Å². The predicted molar refractivity (Wildman–Crippen MR) is 89.9 cm³/mol. The average molecular weight is 285 g/mol. The SMILES string of the molecule is Cc1nn(C)c(C)c1C(C)Nc1ccccc1C(C)(C)C. The lowest BCUT2D eigenvalue weighted by atomic mass is 9.85. The second kappa shape index (κ2) is 5.55. The number of nitrogens with zero attached hydrogens (tertiary/aromatic N) is 2. The second-order valence-electron chi connectivity index (χ2n) is 6.87. The van der Waals surface area contributed by atoms with E-state index in [4.69, 9.17) is 0 Å². The van der Waals surface area contributed by atoms with E-state index < -0.39 is 0 Å². The molecule has 1 heterocycles. The summed E-state index contributed by atoms with van der Waals surface area (Å²) in [5.41, 5.74) is 6.30. The summed E-state index contributed by atoms with van der Waals surface area (Å²) in [6, 6.07) is 8.81. The molecule has 0 fully saturated rings. The van der Waals surface area contributed by atoms with Crippen LogP contribution in [-0.2, 0) is 12.5 Å². The van der Waals surface area contributed by atoms with Gasteiger partial charge in [0.25, 0.3) is 0 Å². The Bertz CT molecular complexity index is 632. The third kappa shape index (κ3) is 3.12.